The van der Waals surface area contributed by atoms with E-state index in [0.717, 1.165) is 48.8 Å². The Bertz CT molecular complexity index is 1230. The van der Waals surface area contributed by atoms with Crippen LogP contribution in [0.25, 0.3) is 0 Å². The van der Waals surface area contributed by atoms with Gasteiger partial charge in [0.2, 0.25) is 0 Å². The zero-order valence-corrected chi connectivity index (χ0v) is 22.8. The van der Waals surface area contributed by atoms with Gasteiger partial charge in [0.15, 0.2) is 18.1 Å². The van der Waals surface area contributed by atoms with Gasteiger partial charge in [-0.3, -0.25) is 9.69 Å². The number of nitrogens with one attached hydrogen (secondary N) is 1. The van der Waals surface area contributed by atoms with E-state index in [0.29, 0.717) is 28.8 Å². The topological polar surface area (TPSA) is 54.0 Å². The van der Waals surface area contributed by atoms with Crippen molar-refractivity contribution in [2.75, 3.05) is 44.7 Å². The van der Waals surface area contributed by atoms with E-state index in [-0.39, 0.29) is 12.5 Å². The summed E-state index contributed by atoms with van der Waals surface area (Å²) >= 11 is 11.9. The lowest BCUT2D eigenvalue weighted by atomic mass is 10.1. The number of piperazine rings is 1. The highest BCUT2D eigenvalue weighted by Crippen LogP contribution is 2.30. The van der Waals surface area contributed by atoms with Crippen molar-refractivity contribution >= 4 is 40.4 Å². The predicted octanol–water partition coefficient (Wildman–Crippen LogP) is 5.56. The molecule has 6 nitrogen and oxygen atoms in total. The number of amides is 1. The van der Waals surface area contributed by atoms with E-state index in [9.17, 15) is 4.79 Å². The lowest BCUT2D eigenvalue weighted by molar-refractivity contribution is -0.118. The Morgan fingerprint density at radius 3 is 2.46 bits per heavy atom. The normalized spacial score (nSPS) is 13.8. The molecule has 1 aliphatic rings. The van der Waals surface area contributed by atoms with Gasteiger partial charge in [-0.15, -0.1) is 0 Å². The van der Waals surface area contributed by atoms with Gasteiger partial charge in [0.25, 0.3) is 5.91 Å². The van der Waals surface area contributed by atoms with Crippen molar-refractivity contribution in [2.45, 2.75) is 20.4 Å². The van der Waals surface area contributed by atoms with Gasteiger partial charge in [-0.1, -0.05) is 60.2 Å². The molecule has 1 N–H and O–H groups in total. The van der Waals surface area contributed by atoms with Crippen molar-refractivity contribution in [3.8, 4) is 11.5 Å². The number of hydrogen-bond donors (Lipinski definition) is 1. The molecule has 37 heavy (non-hydrogen) atoms. The average Bonchev–Trinajstić information content (AvgIpc) is 2.91. The quantitative estimate of drug-likeness (QED) is 0.361. The Balaban J connectivity index is 1.34. The standard InChI is InChI=1S/C29H32ClN3O3S/c1-3-35-27-17-23(29(37)33-15-13-32(14-16-33)19-22-7-5-4-6-8-22)10-12-26(27)36-20-28(34)31-25-18-24(30)11-9-21(25)2/h4-12,17-18H,3,13-16,19-20H2,1-2H3,(H,31,34). The second kappa shape index (κ2) is 12.9. The van der Waals surface area contributed by atoms with Gasteiger partial charge in [-0.2, -0.15) is 0 Å². The maximum atomic E-state index is 12.5. The first kappa shape index (κ1) is 26.9. The number of hydrogen-bond acceptors (Lipinski definition) is 5. The number of anilines is 1. The molecule has 194 valence electrons. The van der Waals surface area contributed by atoms with E-state index in [1.165, 1.54) is 5.56 Å². The molecule has 1 aliphatic heterocycles. The second-order valence-electron chi connectivity index (χ2n) is 8.94. The van der Waals surface area contributed by atoms with Crippen LogP contribution in [0.5, 0.6) is 11.5 Å². The van der Waals surface area contributed by atoms with E-state index < -0.39 is 0 Å². The molecule has 0 radical (unpaired) electrons. The molecule has 1 amide bonds. The molecule has 0 atom stereocenters. The minimum Gasteiger partial charge on any atom is -0.490 e. The third kappa shape index (κ3) is 7.44. The van der Waals surface area contributed by atoms with Gasteiger partial charge < -0.3 is 19.7 Å². The van der Waals surface area contributed by atoms with E-state index in [2.05, 4.69) is 39.4 Å². The monoisotopic (exact) mass is 537 g/mol. The van der Waals surface area contributed by atoms with E-state index in [1.54, 1.807) is 12.1 Å². The van der Waals surface area contributed by atoms with Crippen LogP contribution in [-0.4, -0.2) is 60.1 Å². The summed E-state index contributed by atoms with van der Waals surface area (Å²) in [6, 6.07) is 21.5. The van der Waals surface area contributed by atoms with E-state index in [4.69, 9.17) is 33.3 Å². The number of carbonyl (C=O) groups excluding carboxylic acids is 1. The number of rotatable bonds is 9. The summed E-state index contributed by atoms with van der Waals surface area (Å²) in [5, 5.41) is 3.40. The fourth-order valence-corrected chi connectivity index (χ4v) is 4.70. The summed E-state index contributed by atoms with van der Waals surface area (Å²) in [6.45, 7) is 8.74. The van der Waals surface area contributed by atoms with Crippen molar-refractivity contribution in [3.05, 3.63) is 88.4 Å². The lowest BCUT2D eigenvalue weighted by Crippen LogP contribution is -2.48. The Kier molecular flexibility index (Phi) is 9.39. The van der Waals surface area contributed by atoms with Gasteiger partial charge >= 0.3 is 0 Å². The molecule has 8 heteroatoms. The maximum Gasteiger partial charge on any atom is 0.262 e. The first-order valence-electron chi connectivity index (χ1n) is 12.4. The van der Waals surface area contributed by atoms with Crippen LogP contribution < -0.4 is 14.8 Å². The van der Waals surface area contributed by atoms with Gasteiger partial charge in [0, 0.05) is 49.0 Å². The number of nitrogens with zero attached hydrogens (tertiary/aromatic N) is 2. The largest absolute Gasteiger partial charge is 0.490 e. The van der Waals surface area contributed by atoms with Crippen molar-refractivity contribution in [3.63, 3.8) is 0 Å². The maximum absolute atomic E-state index is 12.5. The fraction of sp³-hybridized carbons (Fsp3) is 0.310. The van der Waals surface area contributed by atoms with Crippen LogP contribution in [0.2, 0.25) is 5.02 Å². The minimum atomic E-state index is -0.277. The Labute approximate surface area is 229 Å². The highest BCUT2D eigenvalue weighted by Gasteiger charge is 2.21. The number of ether oxygens (including phenoxy) is 2. The summed E-state index contributed by atoms with van der Waals surface area (Å²) in [4.78, 5) is 18.0. The first-order chi connectivity index (χ1) is 17.9. The summed E-state index contributed by atoms with van der Waals surface area (Å²) in [6.07, 6.45) is 0. The average molecular weight is 538 g/mol. The molecule has 0 saturated carbocycles. The smallest absolute Gasteiger partial charge is 0.262 e. The SMILES string of the molecule is CCOc1cc(C(=S)N2CCN(Cc3ccccc3)CC2)ccc1OCC(=O)Nc1cc(Cl)ccc1C. The van der Waals surface area contributed by atoms with Crippen LogP contribution in [-0.2, 0) is 11.3 Å². The third-order valence-electron chi connectivity index (χ3n) is 6.23. The number of aryl methyl sites for hydroxylation is 1. The third-order valence-corrected chi connectivity index (χ3v) is 6.96. The lowest BCUT2D eigenvalue weighted by Gasteiger charge is -2.36. The molecule has 0 bridgehead atoms. The summed E-state index contributed by atoms with van der Waals surface area (Å²) in [5.74, 6) is 0.789. The van der Waals surface area contributed by atoms with Crippen LogP contribution in [0.15, 0.2) is 66.7 Å². The molecule has 0 aliphatic carbocycles. The molecule has 1 saturated heterocycles. The number of thiocarbonyl (C=S) groups is 1. The van der Waals surface area contributed by atoms with Crippen molar-refractivity contribution < 1.29 is 14.3 Å². The molecule has 4 rings (SSSR count). The summed E-state index contributed by atoms with van der Waals surface area (Å²) in [5.41, 5.74) is 3.82. The van der Waals surface area contributed by atoms with Gasteiger partial charge in [0.05, 0.1) is 6.61 Å². The predicted molar refractivity (Wildman–Crippen MR) is 153 cm³/mol. The molecule has 1 heterocycles. The van der Waals surface area contributed by atoms with E-state index in [1.807, 2.05) is 44.2 Å². The minimum absolute atomic E-state index is 0.154. The molecular formula is C29H32ClN3O3S. The fourth-order valence-electron chi connectivity index (χ4n) is 4.22. The van der Waals surface area contributed by atoms with Crippen LogP contribution >= 0.6 is 23.8 Å². The van der Waals surface area contributed by atoms with Crippen LogP contribution in [0.3, 0.4) is 0 Å². The number of halogens is 1. The molecule has 3 aromatic carbocycles. The van der Waals surface area contributed by atoms with Crippen molar-refractivity contribution in [1.29, 1.82) is 0 Å². The van der Waals surface area contributed by atoms with Crippen molar-refractivity contribution in [1.82, 2.24) is 9.80 Å². The van der Waals surface area contributed by atoms with Crippen molar-refractivity contribution in [2.24, 2.45) is 0 Å². The highest BCUT2D eigenvalue weighted by atomic mass is 35.5. The second-order valence-corrected chi connectivity index (χ2v) is 9.77. The molecule has 0 unspecified atom stereocenters. The zero-order valence-electron chi connectivity index (χ0n) is 21.2. The zero-order chi connectivity index (χ0) is 26.2. The van der Waals surface area contributed by atoms with Crippen LogP contribution in [0, 0.1) is 6.92 Å². The summed E-state index contributed by atoms with van der Waals surface area (Å²) < 4.78 is 11.6. The molecule has 3 aromatic rings. The highest BCUT2D eigenvalue weighted by molar-refractivity contribution is 7.80. The van der Waals surface area contributed by atoms with Gasteiger partial charge in [-0.25, -0.2) is 0 Å². The Morgan fingerprint density at radius 2 is 1.73 bits per heavy atom. The molecule has 0 spiro atoms. The van der Waals surface area contributed by atoms with Crippen LogP contribution in [0.1, 0.15) is 23.6 Å². The Morgan fingerprint density at radius 1 is 0.973 bits per heavy atom. The first-order valence-corrected chi connectivity index (χ1v) is 13.2. The molecular weight excluding hydrogens is 506 g/mol. The van der Waals surface area contributed by atoms with E-state index >= 15 is 0 Å². The number of carbonyl (C=O) groups is 1. The molecule has 0 aromatic heterocycles. The molecule has 1 fully saturated rings. The number of benzene rings is 3. The summed E-state index contributed by atoms with van der Waals surface area (Å²) in [7, 11) is 0. The van der Waals surface area contributed by atoms with Crippen LogP contribution in [0.4, 0.5) is 5.69 Å². The van der Waals surface area contributed by atoms with Gasteiger partial charge in [-0.05, 0) is 55.3 Å². The van der Waals surface area contributed by atoms with Gasteiger partial charge in [0.1, 0.15) is 4.99 Å². The Hall–Kier alpha value is -3.13.